The number of benzene rings is 1. The minimum atomic E-state index is 0.533. The van der Waals surface area contributed by atoms with Crippen molar-refractivity contribution >= 4 is 0 Å². The first-order valence-electron chi connectivity index (χ1n) is 7.00. The molecule has 2 aromatic rings. The number of fused-ring (bicyclic) bond motifs is 1. The summed E-state index contributed by atoms with van der Waals surface area (Å²) in [4.78, 5) is 0. The zero-order valence-electron chi connectivity index (χ0n) is 11.3. The fraction of sp³-hybridized carbons (Fsp3) is 0.467. The third-order valence-electron chi connectivity index (χ3n) is 3.81. The fourth-order valence-corrected chi connectivity index (χ4v) is 2.80. The molecule has 4 nitrogen and oxygen atoms in total. The molecule has 1 aromatic heterocycles. The number of nitrogens with zero attached hydrogens (tertiary/aromatic N) is 3. The highest BCUT2D eigenvalue weighted by Gasteiger charge is 2.21. The first-order chi connectivity index (χ1) is 9.33. The summed E-state index contributed by atoms with van der Waals surface area (Å²) in [5.74, 6) is 0. The Labute approximate surface area is 113 Å². The van der Waals surface area contributed by atoms with E-state index in [1.807, 2.05) is 10.9 Å². The van der Waals surface area contributed by atoms with Gasteiger partial charge in [-0.15, -0.1) is 5.10 Å². The second-order valence-electron chi connectivity index (χ2n) is 5.27. The molecule has 1 unspecified atom stereocenters. The molecule has 1 heterocycles. The van der Waals surface area contributed by atoms with Crippen LogP contribution in [0.4, 0.5) is 0 Å². The molecule has 3 rings (SSSR count). The molecule has 1 aliphatic rings. The van der Waals surface area contributed by atoms with Crippen LogP contribution in [0, 0.1) is 6.92 Å². The van der Waals surface area contributed by atoms with Crippen LogP contribution in [0.15, 0.2) is 30.6 Å². The molecule has 1 aliphatic carbocycles. The molecule has 1 aromatic carbocycles. The number of hydrogen-bond acceptors (Lipinski definition) is 3. The molecule has 0 fully saturated rings. The lowest BCUT2D eigenvalue weighted by Gasteiger charge is -2.14. The number of aromatic nitrogens is 3. The lowest BCUT2D eigenvalue weighted by molar-refractivity contribution is 0.481. The SMILES string of the molecule is Cc1ccc2c(c1)C(NCCCn1ccnn1)CC2. The second-order valence-corrected chi connectivity index (χ2v) is 5.27. The van der Waals surface area contributed by atoms with E-state index in [2.05, 4.69) is 40.8 Å². The van der Waals surface area contributed by atoms with Gasteiger partial charge in [0.2, 0.25) is 0 Å². The van der Waals surface area contributed by atoms with Crippen molar-refractivity contribution in [2.75, 3.05) is 6.54 Å². The molecule has 1 atom stereocenters. The van der Waals surface area contributed by atoms with E-state index in [1.165, 1.54) is 29.5 Å². The van der Waals surface area contributed by atoms with Gasteiger partial charge in [-0.1, -0.05) is 29.0 Å². The van der Waals surface area contributed by atoms with Gasteiger partial charge in [-0.2, -0.15) is 0 Å². The molecule has 100 valence electrons. The Morgan fingerprint density at radius 3 is 3.21 bits per heavy atom. The number of nitrogens with one attached hydrogen (secondary N) is 1. The maximum Gasteiger partial charge on any atom is 0.0692 e. The second kappa shape index (κ2) is 5.53. The Kier molecular flexibility index (Phi) is 3.60. The van der Waals surface area contributed by atoms with E-state index < -0.39 is 0 Å². The Morgan fingerprint density at radius 2 is 2.37 bits per heavy atom. The minimum absolute atomic E-state index is 0.533. The monoisotopic (exact) mass is 256 g/mol. The molecule has 0 aliphatic heterocycles. The third-order valence-corrected chi connectivity index (χ3v) is 3.81. The summed E-state index contributed by atoms with van der Waals surface area (Å²) in [6.45, 7) is 4.12. The third kappa shape index (κ3) is 2.84. The van der Waals surface area contributed by atoms with Crippen LogP contribution in [0.5, 0.6) is 0 Å². The number of aryl methyl sites for hydroxylation is 3. The molecule has 0 radical (unpaired) electrons. The van der Waals surface area contributed by atoms with Crippen LogP contribution in [0.3, 0.4) is 0 Å². The van der Waals surface area contributed by atoms with Crippen molar-refractivity contribution in [3.05, 3.63) is 47.3 Å². The van der Waals surface area contributed by atoms with Gasteiger partial charge in [-0.25, -0.2) is 0 Å². The Bertz CT molecular complexity index is 533. The van der Waals surface area contributed by atoms with Crippen molar-refractivity contribution in [1.82, 2.24) is 20.3 Å². The van der Waals surface area contributed by atoms with Crippen molar-refractivity contribution in [2.24, 2.45) is 0 Å². The predicted octanol–water partition coefficient (Wildman–Crippen LogP) is 2.25. The van der Waals surface area contributed by atoms with Crippen LogP contribution in [-0.2, 0) is 13.0 Å². The summed E-state index contributed by atoms with van der Waals surface area (Å²) in [5, 5.41) is 11.4. The van der Waals surface area contributed by atoms with Crippen molar-refractivity contribution < 1.29 is 0 Å². The molecule has 1 N–H and O–H groups in total. The van der Waals surface area contributed by atoms with Gasteiger partial charge in [0.25, 0.3) is 0 Å². The molecule has 0 amide bonds. The number of hydrogen-bond donors (Lipinski definition) is 1. The van der Waals surface area contributed by atoms with Gasteiger partial charge >= 0.3 is 0 Å². The van der Waals surface area contributed by atoms with Crippen LogP contribution in [0.2, 0.25) is 0 Å². The summed E-state index contributed by atoms with van der Waals surface area (Å²) >= 11 is 0. The standard InChI is InChI=1S/C15H20N4/c1-12-3-4-13-5-6-15(14(13)11-12)16-7-2-9-19-10-8-17-18-19/h3-4,8,10-11,15-16H,2,5-7,9H2,1H3. The Balaban J connectivity index is 1.51. The molecule has 0 bridgehead atoms. The highest BCUT2D eigenvalue weighted by Crippen LogP contribution is 2.31. The summed E-state index contributed by atoms with van der Waals surface area (Å²) in [7, 11) is 0. The predicted molar refractivity (Wildman–Crippen MR) is 74.9 cm³/mol. The van der Waals surface area contributed by atoms with E-state index in [9.17, 15) is 0 Å². The van der Waals surface area contributed by atoms with Gasteiger partial charge < -0.3 is 5.32 Å². The minimum Gasteiger partial charge on any atom is -0.310 e. The van der Waals surface area contributed by atoms with Crippen LogP contribution in [0.1, 0.15) is 35.6 Å². The van der Waals surface area contributed by atoms with Crippen molar-refractivity contribution in [1.29, 1.82) is 0 Å². The molecular weight excluding hydrogens is 236 g/mol. The molecule has 19 heavy (non-hydrogen) atoms. The van der Waals surface area contributed by atoms with Crippen molar-refractivity contribution in [2.45, 2.75) is 38.8 Å². The quantitative estimate of drug-likeness (QED) is 0.834. The molecular formula is C15H20N4. The average molecular weight is 256 g/mol. The van der Waals surface area contributed by atoms with Crippen LogP contribution in [-0.4, -0.2) is 21.5 Å². The van der Waals surface area contributed by atoms with E-state index >= 15 is 0 Å². The van der Waals surface area contributed by atoms with Gasteiger partial charge in [0.1, 0.15) is 0 Å². The maximum absolute atomic E-state index is 3.97. The van der Waals surface area contributed by atoms with Gasteiger partial charge in [0.15, 0.2) is 0 Å². The molecule has 0 saturated carbocycles. The van der Waals surface area contributed by atoms with Crippen LogP contribution in [0.25, 0.3) is 0 Å². The van der Waals surface area contributed by atoms with Crippen molar-refractivity contribution in [3.63, 3.8) is 0 Å². The molecule has 0 saturated heterocycles. The summed E-state index contributed by atoms with van der Waals surface area (Å²) in [6, 6.07) is 7.36. The Hall–Kier alpha value is -1.68. The molecule has 0 spiro atoms. The summed E-state index contributed by atoms with van der Waals surface area (Å²) < 4.78 is 1.88. The fourth-order valence-electron chi connectivity index (χ4n) is 2.80. The van der Waals surface area contributed by atoms with E-state index in [0.717, 1.165) is 19.5 Å². The highest BCUT2D eigenvalue weighted by atomic mass is 15.4. The largest absolute Gasteiger partial charge is 0.310 e. The lowest BCUT2D eigenvalue weighted by Crippen LogP contribution is -2.21. The highest BCUT2D eigenvalue weighted by molar-refractivity contribution is 5.37. The topological polar surface area (TPSA) is 42.7 Å². The number of rotatable bonds is 5. The first-order valence-corrected chi connectivity index (χ1v) is 7.00. The van der Waals surface area contributed by atoms with E-state index in [4.69, 9.17) is 0 Å². The zero-order valence-corrected chi connectivity index (χ0v) is 11.3. The van der Waals surface area contributed by atoms with E-state index in [1.54, 1.807) is 6.20 Å². The van der Waals surface area contributed by atoms with Gasteiger partial charge in [0.05, 0.1) is 6.20 Å². The normalized spacial score (nSPS) is 17.6. The zero-order chi connectivity index (χ0) is 13.1. The summed E-state index contributed by atoms with van der Waals surface area (Å²) in [6.07, 6.45) is 7.15. The Morgan fingerprint density at radius 1 is 1.42 bits per heavy atom. The first kappa shape index (κ1) is 12.4. The average Bonchev–Trinajstić information content (AvgIpc) is 3.04. The van der Waals surface area contributed by atoms with Crippen LogP contribution >= 0.6 is 0 Å². The van der Waals surface area contributed by atoms with Crippen molar-refractivity contribution in [3.8, 4) is 0 Å². The molecule has 4 heteroatoms. The lowest BCUT2D eigenvalue weighted by atomic mass is 10.1. The van der Waals surface area contributed by atoms with Crippen LogP contribution < -0.4 is 5.32 Å². The van der Waals surface area contributed by atoms with Gasteiger partial charge in [-0.3, -0.25) is 4.68 Å². The van der Waals surface area contributed by atoms with Gasteiger partial charge in [-0.05, 0) is 43.9 Å². The summed E-state index contributed by atoms with van der Waals surface area (Å²) in [5.41, 5.74) is 4.37. The van der Waals surface area contributed by atoms with E-state index in [-0.39, 0.29) is 0 Å². The van der Waals surface area contributed by atoms with Gasteiger partial charge in [0, 0.05) is 18.8 Å². The smallest absolute Gasteiger partial charge is 0.0692 e. The maximum atomic E-state index is 3.97. The van der Waals surface area contributed by atoms with E-state index in [0.29, 0.717) is 6.04 Å².